The van der Waals surface area contributed by atoms with Crippen molar-refractivity contribution < 1.29 is 4.74 Å². The summed E-state index contributed by atoms with van der Waals surface area (Å²) in [6.07, 6.45) is 1.46. The minimum Gasteiger partial charge on any atom is -0.385 e. The van der Waals surface area contributed by atoms with Crippen LogP contribution in [-0.4, -0.2) is 40.0 Å². The molecular formula is C7H15N5O. The summed E-state index contributed by atoms with van der Waals surface area (Å²) in [5.74, 6) is 0.686. The molecule has 1 aromatic heterocycles. The molecule has 0 bridgehead atoms. The van der Waals surface area contributed by atoms with Crippen LogP contribution in [0.15, 0.2) is 0 Å². The van der Waals surface area contributed by atoms with Crippen molar-refractivity contribution in [3.05, 3.63) is 5.82 Å². The second kappa shape index (κ2) is 4.88. The van der Waals surface area contributed by atoms with Crippen LogP contribution in [0, 0.1) is 0 Å². The molecule has 0 fully saturated rings. The molecule has 13 heavy (non-hydrogen) atoms. The molecule has 1 aromatic rings. The molecule has 0 radical (unpaired) electrons. The van der Waals surface area contributed by atoms with E-state index in [0.29, 0.717) is 18.9 Å². The predicted octanol–water partition coefficient (Wildman–Crippen LogP) is -0.884. The number of nitrogens with two attached hydrogens (primary N) is 1. The summed E-state index contributed by atoms with van der Waals surface area (Å²) in [5, 5.41) is 11.6. The summed E-state index contributed by atoms with van der Waals surface area (Å²) in [6.45, 7) is 0.668. The minimum atomic E-state index is 0.0455. The Hall–Kier alpha value is -1.01. The number of rotatable bonds is 5. The van der Waals surface area contributed by atoms with Gasteiger partial charge >= 0.3 is 0 Å². The van der Waals surface area contributed by atoms with Crippen LogP contribution >= 0.6 is 0 Å². The number of methoxy groups -OCH3 is 1. The molecule has 1 atom stereocenters. The number of aryl methyl sites for hydroxylation is 1. The van der Waals surface area contributed by atoms with Gasteiger partial charge in [0.2, 0.25) is 0 Å². The van der Waals surface area contributed by atoms with Gasteiger partial charge in [-0.25, -0.2) is 0 Å². The number of ether oxygens (including phenoxy) is 1. The first-order valence-electron chi connectivity index (χ1n) is 4.19. The highest BCUT2D eigenvalue weighted by atomic mass is 16.5. The molecule has 0 spiro atoms. The van der Waals surface area contributed by atoms with Crippen molar-refractivity contribution in [2.24, 2.45) is 12.8 Å². The highest BCUT2D eigenvalue weighted by molar-refractivity contribution is 4.82. The lowest BCUT2D eigenvalue weighted by atomic mass is 10.1. The zero-order valence-corrected chi connectivity index (χ0v) is 7.97. The predicted molar refractivity (Wildman–Crippen MR) is 47.0 cm³/mol. The molecule has 1 heterocycles. The van der Waals surface area contributed by atoms with Crippen LogP contribution in [0.3, 0.4) is 0 Å². The number of hydrogen-bond acceptors (Lipinski definition) is 5. The van der Waals surface area contributed by atoms with Crippen LogP contribution in [0.25, 0.3) is 0 Å². The molecule has 0 aliphatic carbocycles. The number of aromatic nitrogens is 4. The normalized spacial score (nSPS) is 13.2. The van der Waals surface area contributed by atoms with Crippen LogP contribution in [0.4, 0.5) is 0 Å². The van der Waals surface area contributed by atoms with Gasteiger partial charge in [-0.3, -0.25) is 0 Å². The lowest BCUT2D eigenvalue weighted by Gasteiger charge is -2.06. The summed E-state index contributed by atoms with van der Waals surface area (Å²) in [5.41, 5.74) is 5.80. The van der Waals surface area contributed by atoms with E-state index < -0.39 is 0 Å². The first-order valence-corrected chi connectivity index (χ1v) is 4.19. The molecule has 6 nitrogen and oxygen atoms in total. The maximum absolute atomic E-state index is 5.80. The number of nitrogens with zero attached hydrogens (tertiary/aromatic N) is 4. The van der Waals surface area contributed by atoms with Crippen molar-refractivity contribution in [3.63, 3.8) is 0 Å². The van der Waals surface area contributed by atoms with Crippen molar-refractivity contribution in [1.82, 2.24) is 20.2 Å². The third-order valence-corrected chi connectivity index (χ3v) is 1.69. The van der Waals surface area contributed by atoms with Gasteiger partial charge in [-0.2, -0.15) is 4.80 Å². The van der Waals surface area contributed by atoms with Gasteiger partial charge in [0.05, 0.1) is 7.05 Å². The van der Waals surface area contributed by atoms with Gasteiger partial charge in [-0.1, -0.05) is 0 Å². The molecule has 0 aromatic carbocycles. The first-order chi connectivity index (χ1) is 6.22. The summed E-state index contributed by atoms with van der Waals surface area (Å²) >= 11 is 0. The maximum Gasteiger partial charge on any atom is 0.176 e. The van der Waals surface area contributed by atoms with Crippen LogP contribution in [0.1, 0.15) is 12.2 Å². The van der Waals surface area contributed by atoms with Gasteiger partial charge in [0.15, 0.2) is 5.82 Å². The zero-order chi connectivity index (χ0) is 9.68. The second-order valence-electron chi connectivity index (χ2n) is 2.94. The van der Waals surface area contributed by atoms with E-state index in [2.05, 4.69) is 15.4 Å². The van der Waals surface area contributed by atoms with Crippen molar-refractivity contribution in [2.75, 3.05) is 13.7 Å². The zero-order valence-electron chi connectivity index (χ0n) is 7.97. The summed E-state index contributed by atoms with van der Waals surface area (Å²) in [4.78, 5) is 1.43. The third kappa shape index (κ3) is 3.47. The Labute approximate surface area is 77.1 Å². The lowest BCUT2D eigenvalue weighted by molar-refractivity contribution is 0.187. The van der Waals surface area contributed by atoms with Crippen molar-refractivity contribution >= 4 is 0 Å². The SMILES string of the molecule is COCCC(N)Cc1nnn(C)n1. The van der Waals surface area contributed by atoms with E-state index in [1.807, 2.05) is 0 Å². The van der Waals surface area contributed by atoms with Crippen molar-refractivity contribution in [2.45, 2.75) is 18.9 Å². The Morgan fingerprint density at radius 3 is 2.92 bits per heavy atom. The Morgan fingerprint density at radius 1 is 1.62 bits per heavy atom. The fraction of sp³-hybridized carbons (Fsp3) is 0.857. The Bertz CT molecular complexity index is 249. The molecule has 1 unspecified atom stereocenters. The molecule has 0 amide bonds. The van der Waals surface area contributed by atoms with Crippen LogP contribution in [0.5, 0.6) is 0 Å². The van der Waals surface area contributed by atoms with E-state index >= 15 is 0 Å². The largest absolute Gasteiger partial charge is 0.385 e. The van der Waals surface area contributed by atoms with Gasteiger partial charge in [0.25, 0.3) is 0 Å². The standard InChI is InChI=1S/C7H15N5O/c1-12-10-7(9-11-12)5-6(8)3-4-13-2/h6H,3-5,8H2,1-2H3. The highest BCUT2D eigenvalue weighted by Crippen LogP contribution is 1.96. The average molecular weight is 185 g/mol. The molecule has 1 rings (SSSR count). The van der Waals surface area contributed by atoms with Gasteiger partial charge in [-0.15, -0.1) is 10.2 Å². The summed E-state index contributed by atoms with van der Waals surface area (Å²) < 4.78 is 4.91. The van der Waals surface area contributed by atoms with Gasteiger partial charge in [0, 0.05) is 26.2 Å². The van der Waals surface area contributed by atoms with E-state index in [1.54, 1.807) is 14.2 Å². The Balaban J connectivity index is 2.31. The molecule has 2 N–H and O–H groups in total. The van der Waals surface area contributed by atoms with Crippen molar-refractivity contribution in [3.8, 4) is 0 Å². The van der Waals surface area contributed by atoms with Crippen molar-refractivity contribution in [1.29, 1.82) is 0 Å². The Kier molecular flexibility index (Phi) is 3.78. The minimum absolute atomic E-state index is 0.0455. The monoisotopic (exact) mass is 185 g/mol. The van der Waals surface area contributed by atoms with Gasteiger partial charge in [0.1, 0.15) is 0 Å². The van der Waals surface area contributed by atoms with Gasteiger partial charge in [-0.05, 0) is 11.6 Å². The number of tetrazole rings is 1. The Morgan fingerprint density at radius 2 is 2.38 bits per heavy atom. The van der Waals surface area contributed by atoms with Crippen LogP contribution < -0.4 is 5.73 Å². The molecule has 0 aliphatic heterocycles. The number of hydrogen-bond donors (Lipinski definition) is 1. The maximum atomic E-state index is 5.80. The van der Waals surface area contributed by atoms with E-state index in [-0.39, 0.29) is 6.04 Å². The quantitative estimate of drug-likeness (QED) is 0.644. The van der Waals surface area contributed by atoms with Crippen LogP contribution in [-0.2, 0) is 18.2 Å². The lowest BCUT2D eigenvalue weighted by Crippen LogP contribution is -2.25. The summed E-state index contributed by atoms with van der Waals surface area (Å²) in [7, 11) is 3.39. The average Bonchev–Trinajstić information content (AvgIpc) is 2.48. The molecule has 0 aliphatic rings. The smallest absolute Gasteiger partial charge is 0.176 e. The highest BCUT2D eigenvalue weighted by Gasteiger charge is 2.07. The molecular weight excluding hydrogens is 170 g/mol. The fourth-order valence-corrected chi connectivity index (χ4v) is 1.01. The fourth-order valence-electron chi connectivity index (χ4n) is 1.01. The molecule has 6 heteroatoms. The molecule has 0 saturated carbocycles. The van der Waals surface area contributed by atoms with E-state index in [4.69, 9.17) is 10.5 Å². The van der Waals surface area contributed by atoms with Gasteiger partial charge < -0.3 is 10.5 Å². The van der Waals surface area contributed by atoms with E-state index in [9.17, 15) is 0 Å². The third-order valence-electron chi connectivity index (χ3n) is 1.69. The van der Waals surface area contributed by atoms with E-state index in [1.165, 1.54) is 4.80 Å². The molecule has 0 saturated heterocycles. The summed E-state index contributed by atoms with van der Waals surface area (Å²) in [6, 6.07) is 0.0455. The molecule has 74 valence electrons. The topological polar surface area (TPSA) is 78.9 Å². The van der Waals surface area contributed by atoms with Crippen LogP contribution in [0.2, 0.25) is 0 Å². The first kappa shape index (κ1) is 10.1. The second-order valence-corrected chi connectivity index (χ2v) is 2.94. The van der Waals surface area contributed by atoms with E-state index in [0.717, 1.165) is 6.42 Å².